The molecule has 0 bridgehead atoms. The Morgan fingerprint density at radius 1 is 1.42 bits per heavy atom. The molecule has 3 N–H and O–H groups in total. The van der Waals surface area contributed by atoms with Crippen molar-refractivity contribution in [3.05, 3.63) is 35.0 Å². The normalized spacial score (nSPS) is 25.3. The average molecular weight is 354 g/mol. The van der Waals surface area contributed by atoms with E-state index in [0.717, 1.165) is 35.1 Å². The van der Waals surface area contributed by atoms with Gasteiger partial charge in [0.15, 0.2) is 0 Å². The number of nitrogens with one attached hydrogen (secondary N) is 1. The Labute approximate surface area is 151 Å². The highest BCUT2D eigenvalue weighted by molar-refractivity contribution is 5.88. The number of aromatic nitrogens is 1. The summed E-state index contributed by atoms with van der Waals surface area (Å²) in [5.74, 6) is 0. The molecule has 1 aliphatic carbocycles. The number of aliphatic hydroxyl groups excluding tert-OH is 1. The molecule has 1 fully saturated rings. The molecule has 136 valence electrons. The quantitative estimate of drug-likeness (QED) is 0.771. The monoisotopic (exact) mass is 354 g/mol. The summed E-state index contributed by atoms with van der Waals surface area (Å²) in [5, 5.41) is 32.2. The Morgan fingerprint density at radius 2 is 2.23 bits per heavy atom. The van der Waals surface area contributed by atoms with Crippen LogP contribution < -0.4 is 5.32 Å². The fourth-order valence-electron chi connectivity index (χ4n) is 4.48. The van der Waals surface area contributed by atoms with E-state index in [0.29, 0.717) is 24.9 Å². The van der Waals surface area contributed by atoms with Crippen LogP contribution in [0.15, 0.2) is 18.2 Å². The predicted octanol–water partition coefficient (Wildman–Crippen LogP) is 1.31. The molecule has 0 unspecified atom stereocenters. The molecule has 1 saturated heterocycles. The molecule has 3 atom stereocenters. The maximum atomic E-state index is 11.0. The van der Waals surface area contributed by atoms with Crippen molar-refractivity contribution in [3.63, 3.8) is 0 Å². The number of likely N-dealkylation sites (N-methyl/N-ethyl adjacent to an activating group) is 1. The summed E-state index contributed by atoms with van der Waals surface area (Å²) in [6.07, 6.45) is 0.651. The van der Waals surface area contributed by atoms with Crippen molar-refractivity contribution >= 4 is 17.0 Å². The zero-order valence-electron chi connectivity index (χ0n) is 14.6. The van der Waals surface area contributed by atoms with E-state index in [4.69, 9.17) is 5.11 Å². The third-order valence-electron chi connectivity index (χ3n) is 5.79. The Kier molecular flexibility index (Phi) is 4.10. The van der Waals surface area contributed by atoms with Crippen LogP contribution in [-0.4, -0.2) is 57.6 Å². The van der Waals surface area contributed by atoms with Gasteiger partial charge in [-0.1, -0.05) is 0 Å². The molecule has 2 aliphatic rings. The zero-order chi connectivity index (χ0) is 18.4. The van der Waals surface area contributed by atoms with Gasteiger partial charge in [-0.15, -0.1) is 0 Å². The van der Waals surface area contributed by atoms with Crippen LogP contribution in [-0.2, 0) is 19.4 Å². The maximum absolute atomic E-state index is 11.0. The number of likely N-dealkylation sites (tertiary alicyclic amines) is 1. The van der Waals surface area contributed by atoms with Crippen LogP contribution in [0.3, 0.4) is 0 Å². The molecular weight excluding hydrogens is 332 g/mol. The number of carbonyl (C=O) groups is 1. The van der Waals surface area contributed by atoms with Gasteiger partial charge in [-0.3, -0.25) is 4.90 Å². The molecule has 2 heterocycles. The fraction of sp³-hybridized carbons (Fsp3) is 0.474. The van der Waals surface area contributed by atoms with Crippen LogP contribution in [0.4, 0.5) is 4.79 Å². The van der Waals surface area contributed by atoms with Gasteiger partial charge in [0, 0.05) is 42.1 Å². The van der Waals surface area contributed by atoms with Crippen molar-refractivity contribution in [2.45, 2.75) is 44.0 Å². The predicted molar refractivity (Wildman–Crippen MR) is 96.1 cm³/mol. The van der Waals surface area contributed by atoms with Gasteiger partial charge in [-0.05, 0) is 43.7 Å². The lowest BCUT2D eigenvalue weighted by Gasteiger charge is -2.24. The van der Waals surface area contributed by atoms with Crippen LogP contribution in [0.1, 0.15) is 23.2 Å². The van der Waals surface area contributed by atoms with E-state index < -0.39 is 6.09 Å². The van der Waals surface area contributed by atoms with Crippen molar-refractivity contribution in [3.8, 4) is 6.07 Å². The fourth-order valence-corrected chi connectivity index (χ4v) is 4.48. The summed E-state index contributed by atoms with van der Waals surface area (Å²) in [4.78, 5) is 13.2. The second kappa shape index (κ2) is 6.31. The van der Waals surface area contributed by atoms with E-state index in [1.54, 1.807) is 0 Å². The van der Waals surface area contributed by atoms with Gasteiger partial charge < -0.3 is 20.1 Å². The number of amides is 1. The average Bonchev–Trinajstić information content (AvgIpc) is 3.23. The zero-order valence-corrected chi connectivity index (χ0v) is 14.6. The lowest BCUT2D eigenvalue weighted by atomic mass is 10.1. The summed E-state index contributed by atoms with van der Waals surface area (Å²) in [7, 11) is 2.02. The molecular formula is C19H22N4O3. The van der Waals surface area contributed by atoms with Gasteiger partial charge in [-0.25, -0.2) is 4.79 Å². The Balaban J connectivity index is 1.77. The van der Waals surface area contributed by atoms with Crippen molar-refractivity contribution in [1.82, 2.24) is 14.8 Å². The smallest absolute Gasteiger partial charge is 0.404 e. The maximum Gasteiger partial charge on any atom is 0.404 e. The highest BCUT2D eigenvalue weighted by Gasteiger charge is 2.34. The van der Waals surface area contributed by atoms with E-state index in [1.165, 1.54) is 0 Å². The molecule has 4 rings (SSSR count). The van der Waals surface area contributed by atoms with Crippen LogP contribution in [0.2, 0.25) is 0 Å². The summed E-state index contributed by atoms with van der Waals surface area (Å²) in [6.45, 7) is 1.53. The van der Waals surface area contributed by atoms with Crippen LogP contribution in [0, 0.1) is 11.3 Å². The number of nitrogens with zero attached hydrogens (tertiary/aromatic N) is 3. The van der Waals surface area contributed by atoms with Gasteiger partial charge in [0.05, 0.1) is 23.8 Å². The number of nitriles is 1. The van der Waals surface area contributed by atoms with E-state index in [1.807, 2.05) is 25.2 Å². The van der Waals surface area contributed by atoms with Gasteiger partial charge >= 0.3 is 6.09 Å². The van der Waals surface area contributed by atoms with Crippen molar-refractivity contribution in [2.75, 3.05) is 13.6 Å². The molecule has 7 nitrogen and oxygen atoms in total. The Bertz CT molecular complexity index is 904. The third-order valence-corrected chi connectivity index (χ3v) is 5.79. The number of aliphatic hydroxyl groups is 1. The highest BCUT2D eigenvalue weighted by atomic mass is 16.4. The number of hydrogen-bond donors (Lipinski definition) is 3. The molecule has 26 heavy (non-hydrogen) atoms. The first-order chi connectivity index (χ1) is 12.5. The van der Waals surface area contributed by atoms with Crippen molar-refractivity contribution in [1.29, 1.82) is 5.26 Å². The minimum atomic E-state index is -1.01. The summed E-state index contributed by atoms with van der Waals surface area (Å²) < 4.78 is 2.21. The molecule has 7 heteroatoms. The van der Waals surface area contributed by atoms with Crippen molar-refractivity contribution < 1.29 is 15.0 Å². The SMILES string of the molecule is CN1CC[C@H](O)[C@H]1Cn1c2c(c3cc(C#N)ccc31)C[C@H](NC(=O)O)C2. The lowest BCUT2D eigenvalue weighted by Crippen LogP contribution is -2.37. The topological polar surface area (TPSA) is 102 Å². The van der Waals surface area contributed by atoms with Crippen LogP contribution >= 0.6 is 0 Å². The first-order valence-corrected chi connectivity index (χ1v) is 8.89. The molecule has 0 saturated carbocycles. The first-order valence-electron chi connectivity index (χ1n) is 8.89. The minimum Gasteiger partial charge on any atom is -0.465 e. The van der Waals surface area contributed by atoms with E-state index in [-0.39, 0.29) is 18.2 Å². The molecule has 1 aromatic carbocycles. The van der Waals surface area contributed by atoms with Crippen LogP contribution in [0.25, 0.3) is 10.9 Å². The largest absolute Gasteiger partial charge is 0.465 e. The Morgan fingerprint density at radius 3 is 2.88 bits per heavy atom. The highest BCUT2D eigenvalue weighted by Crippen LogP contribution is 2.35. The summed E-state index contributed by atoms with van der Waals surface area (Å²) in [5.41, 5.74) is 3.88. The van der Waals surface area contributed by atoms with E-state index >= 15 is 0 Å². The number of rotatable bonds is 3. The number of hydrogen-bond acceptors (Lipinski definition) is 4. The number of benzene rings is 1. The van der Waals surface area contributed by atoms with Gasteiger partial charge in [0.25, 0.3) is 0 Å². The van der Waals surface area contributed by atoms with Gasteiger partial charge in [-0.2, -0.15) is 5.26 Å². The van der Waals surface area contributed by atoms with E-state index in [2.05, 4.69) is 20.9 Å². The molecule has 0 spiro atoms. The molecule has 0 radical (unpaired) electrons. The molecule has 2 aromatic rings. The second-order valence-corrected chi connectivity index (χ2v) is 7.34. The van der Waals surface area contributed by atoms with Gasteiger partial charge in [0.2, 0.25) is 0 Å². The third kappa shape index (κ3) is 2.71. The lowest BCUT2D eigenvalue weighted by molar-refractivity contribution is 0.116. The second-order valence-electron chi connectivity index (χ2n) is 7.34. The molecule has 1 aliphatic heterocycles. The van der Waals surface area contributed by atoms with Crippen molar-refractivity contribution in [2.24, 2.45) is 0 Å². The minimum absolute atomic E-state index is 0.0387. The number of fused-ring (bicyclic) bond motifs is 3. The summed E-state index contributed by atoms with van der Waals surface area (Å²) >= 11 is 0. The van der Waals surface area contributed by atoms with Crippen LogP contribution in [0.5, 0.6) is 0 Å². The first kappa shape index (κ1) is 16.9. The van der Waals surface area contributed by atoms with Gasteiger partial charge in [0.1, 0.15) is 0 Å². The standard InChI is InChI=1S/C19H22N4O3/c1-22-5-4-18(24)17(22)10-23-15-3-2-11(9-20)6-13(15)14-7-12(8-16(14)23)21-19(25)26/h2-3,6,12,17-18,21,24H,4-5,7-8,10H2,1H3,(H,25,26)/t12-,17+,18-/m0/s1. The number of carboxylic acid groups (broad SMARTS) is 1. The van der Waals surface area contributed by atoms with E-state index in [9.17, 15) is 15.2 Å². The Hall–Kier alpha value is -2.56. The molecule has 1 aromatic heterocycles. The molecule has 1 amide bonds. The summed E-state index contributed by atoms with van der Waals surface area (Å²) in [6, 6.07) is 7.75.